The van der Waals surface area contributed by atoms with Crippen molar-refractivity contribution >= 4 is 17.4 Å². The van der Waals surface area contributed by atoms with Crippen molar-refractivity contribution in [3.8, 4) is 11.4 Å². The van der Waals surface area contributed by atoms with Crippen LogP contribution in [0.1, 0.15) is 36.2 Å². The zero-order chi connectivity index (χ0) is 19.3. The molecule has 1 aliphatic rings. The average Bonchev–Trinajstić information content (AvgIpc) is 3.23. The summed E-state index contributed by atoms with van der Waals surface area (Å²) in [7, 11) is 0. The van der Waals surface area contributed by atoms with Gasteiger partial charge in [-0.2, -0.15) is 0 Å². The predicted molar refractivity (Wildman–Crippen MR) is 108 cm³/mol. The van der Waals surface area contributed by atoms with Crippen LogP contribution in [0.4, 0.5) is 15.9 Å². The molecule has 0 unspecified atom stereocenters. The van der Waals surface area contributed by atoms with Gasteiger partial charge in [0.2, 0.25) is 0 Å². The Balaban J connectivity index is 1.66. The van der Waals surface area contributed by atoms with Crippen LogP contribution in [-0.2, 0) is 0 Å². The number of benzene rings is 2. The molecule has 28 heavy (non-hydrogen) atoms. The van der Waals surface area contributed by atoms with Crippen molar-refractivity contribution in [1.29, 1.82) is 0 Å². The molecule has 0 atom stereocenters. The van der Waals surface area contributed by atoms with Crippen molar-refractivity contribution in [2.75, 3.05) is 10.6 Å². The number of carbonyl (C=O) groups excluding carboxylic acids is 1. The van der Waals surface area contributed by atoms with E-state index in [0.29, 0.717) is 17.7 Å². The lowest BCUT2D eigenvalue weighted by atomic mass is 10.2. The van der Waals surface area contributed by atoms with Gasteiger partial charge in [0.25, 0.3) is 5.91 Å². The summed E-state index contributed by atoms with van der Waals surface area (Å²) in [6, 6.07) is 17.5. The first kappa shape index (κ1) is 18.1. The Labute approximate surface area is 163 Å². The van der Waals surface area contributed by atoms with E-state index in [9.17, 15) is 9.18 Å². The molecule has 4 rings (SSSR count). The van der Waals surface area contributed by atoms with Gasteiger partial charge < -0.3 is 10.6 Å². The van der Waals surface area contributed by atoms with Crippen LogP contribution >= 0.6 is 0 Å². The van der Waals surface area contributed by atoms with Crippen LogP contribution < -0.4 is 10.6 Å². The topological polar surface area (TPSA) is 66.9 Å². The number of aromatic nitrogens is 2. The van der Waals surface area contributed by atoms with E-state index in [-0.39, 0.29) is 11.4 Å². The van der Waals surface area contributed by atoms with Gasteiger partial charge in [0.1, 0.15) is 17.3 Å². The van der Waals surface area contributed by atoms with E-state index in [1.165, 1.54) is 25.0 Å². The molecule has 142 valence electrons. The number of amides is 1. The molecular weight excluding hydrogens is 355 g/mol. The van der Waals surface area contributed by atoms with Crippen molar-refractivity contribution in [2.24, 2.45) is 0 Å². The molecule has 2 N–H and O–H groups in total. The second-order valence-electron chi connectivity index (χ2n) is 6.89. The molecule has 0 bridgehead atoms. The van der Waals surface area contributed by atoms with E-state index in [1.54, 1.807) is 18.2 Å². The minimum absolute atomic E-state index is 0.123. The number of hydrogen-bond donors (Lipinski definition) is 2. The monoisotopic (exact) mass is 376 g/mol. The van der Waals surface area contributed by atoms with E-state index < -0.39 is 11.7 Å². The third kappa shape index (κ3) is 4.17. The predicted octanol–water partition coefficient (Wildman–Crippen LogP) is 4.89. The molecule has 1 fully saturated rings. The Bertz CT molecular complexity index is 971. The molecule has 1 saturated carbocycles. The highest BCUT2D eigenvalue weighted by atomic mass is 19.1. The zero-order valence-corrected chi connectivity index (χ0v) is 15.4. The minimum Gasteiger partial charge on any atom is -0.367 e. The first-order valence-electron chi connectivity index (χ1n) is 9.46. The summed E-state index contributed by atoms with van der Waals surface area (Å²) < 4.78 is 13.9. The maximum atomic E-state index is 13.9. The molecule has 3 aromatic rings. The van der Waals surface area contributed by atoms with Gasteiger partial charge in [-0.3, -0.25) is 4.79 Å². The largest absolute Gasteiger partial charge is 0.367 e. The molecule has 1 heterocycles. The third-order valence-electron chi connectivity index (χ3n) is 4.82. The van der Waals surface area contributed by atoms with Crippen molar-refractivity contribution in [1.82, 2.24) is 9.97 Å². The number of anilines is 2. The average molecular weight is 376 g/mol. The van der Waals surface area contributed by atoms with Crippen molar-refractivity contribution < 1.29 is 9.18 Å². The van der Waals surface area contributed by atoms with Crippen LogP contribution in [0.15, 0.2) is 60.7 Å². The molecule has 0 spiro atoms. The number of rotatable bonds is 5. The standard InChI is InChI=1S/C22H21FN4O/c23-17-12-6-7-13-18(17)26-22(28)19-14-20(24-16-10-4-5-11-16)27-21(25-19)15-8-2-1-3-9-15/h1-3,6-9,12-14,16H,4-5,10-11H2,(H,26,28)(H,24,25,27). The number of nitrogens with one attached hydrogen (secondary N) is 2. The summed E-state index contributed by atoms with van der Waals surface area (Å²) in [5, 5.41) is 6.01. The van der Waals surface area contributed by atoms with Gasteiger partial charge in [0, 0.05) is 17.7 Å². The molecule has 2 aromatic carbocycles. The summed E-state index contributed by atoms with van der Waals surface area (Å²) in [5.41, 5.74) is 1.13. The van der Waals surface area contributed by atoms with Crippen LogP contribution in [0.2, 0.25) is 0 Å². The highest BCUT2D eigenvalue weighted by molar-refractivity contribution is 6.03. The normalized spacial score (nSPS) is 14.0. The molecular formula is C22H21FN4O. The van der Waals surface area contributed by atoms with Crippen molar-refractivity contribution in [2.45, 2.75) is 31.7 Å². The van der Waals surface area contributed by atoms with Crippen LogP contribution in [0.3, 0.4) is 0 Å². The van der Waals surface area contributed by atoms with Gasteiger partial charge in [-0.05, 0) is 25.0 Å². The second-order valence-corrected chi connectivity index (χ2v) is 6.89. The van der Waals surface area contributed by atoms with E-state index >= 15 is 0 Å². The summed E-state index contributed by atoms with van der Waals surface area (Å²) in [6.07, 6.45) is 4.55. The van der Waals surface area contributed by atoms with Gasteiger partial charge in [0.05, 0.1) is 5.69 Å². The van der Waals surface area contributed by atoms with Gasteiger partial charge in [-0.25, -0.2) is 14.4 Å². The van der Waals surface area contributed by atoms with Gasteiger partial charge in [-0.15, -0.1) is 0 Å². The number of hydrogen-bond acceptors (Lipinski definition) is 4. The molecule has 0 radical (unpaired) electrons. The second kappa shape index (κ2) is 8.17. The number of carbonyl (C=O) groups is 1. The molecule has 1 aromatic heterocycles. The van der Waals surface area contributed by atoms with E-state index in [2.05, 4.69) is 20.6 Å². The fourth-order valence-electron chi connectivity index (χ4n) is 3.38. The van der Waals surface area contributed by atoms with E-state index in [1.807, 2.05) is 30.3 Å². The summed E-state index contributed by atoms with van der Waals surface area (Å²) in [5.74, 6) is 0.110. The highest BCUT2D eigenvalue weighted by Crippen LogP contribution is 2.24. The number of nitrogens with zero attached hydrogens (tertiary/aromatic N) is 2. The molecule has 5 nitrogen and oxygen atoms in total. The Kier molecular flexibility index (Phi) is 5.28. The molecule has 0 saturated heterocycles. The third-order valence-corrected chi connectivity index (χ3v) is 4.82. The Hall–Kier alpha value is -3.28. The zero-order valence-electron chi connectivity index (χ0n) is 15.4. The molecule has 1 amide bonds. The summed E-state index contributed by atoms with van der Waals surface area (Å²) in [6.45, 7) is 0. The van der Waals surface area contributed by atoms with Crippen molar-refractivity contribution in [3.63, 3.8) is 0 Å². The lowest BCUT2D eigenvalue weighted by Crippen LogP contribution is -2.19. The Morgan fingerprint density at radius 2 is 1.68 bits per heavy atom. The lowest BCUT2D eigenvalue weighted by molar-refractivity contribution is 0.102. The summed E-state index contributed by atoms with van der Waals surface area (Å²) in [4.78, 5) is 21.8. The van der Waals surface area contributed by atoms with Crippen molar-refractivity contribution in [3.05, 3.63) is 72.2 Å². The minimum atomic E-state index is -0.488. The summed E-state index contributed by atoms with van der Waals surface area (Å²) >= 11 is 0. The van der Waals surface area contributed by atoms with Gasteiger partial charge >= 0.3 is 0 Å². The van der Waals surface area contributed by atoms with E-state index in [0.717, 1.165) is 18.4 Å². The SMILES string of the molecule is O=C(Nc1ccccc1F)c1cc(NC2CCCC2)nc(-c2ccccc2)n1. The number of para-hydroxylation sites is 1. The first-order chi connectivity index (χ1) is 13.7. The fourth-order valence-corrected chi connectivity index (χ4v) is 3.38. The van der Waals surface area contributed by atoms with Crippen LogP contribution in [-0.4, -0.2) is 21.9 Å². The maximum absolute atomic E-state index is 13.9. The molecule has 1 aliphatic carbocycles. The van der Waals surface area contributed by atoms with Crippen LogP contribution in [0, 0.1) is 5.82 Å². The molecule has 0 aliphatic heterocycles. The van der Waals surface area contributed by atoms with Crippen LogP contribution in [0.5, 0.6) is 0 Å². The lowest BCUT2D eigenvalue weighted by Gasteiger charge is -2.15. The Morgan fingerprint density at radius 1 is 0.964 bits per heavy atom. The quantitative estimate of drug-likeness (QED) is 0.665. The van der Waals surface area contributed by atoms with E-state index in [4.69, 9.17) is 0 Å². The first-order valence-corrected chi connectivity index (χ1v) is 9.46. The highest BCUT2D eigenvalue weighted by Gasteiger charge is 2.18. The van der Waals surface area contributed by atoms with Gasteiger partial charge in [0.15, 0.2) is 5.82 Å². The number of halogens is 1. The fraction of sp³-hybridized carbons (Fsp3) is 0.227. The smallest absolute Gasteiger partial charge is 0.274 e. The molecule has 6 heteroatoms. The van der Waals surface area contributed by atoms with Gasteiger partial charge in [-0.1, -0.05) is 55.3 Å². The van der Waals surface area contributed by atoms with Crippen LogP contribution in [0.25, 0.3) is 11.4 Å². The maximum Gasteiger partial charge on any atom is 0.274 e. The Morgan fingerprint density at radius 3 is 2.43 bits per heavy atom.